The first-order valence-electron chi connectivity index (χ1n) is 5.51. The van der Waals surface area contributed by atoms with Crippen LogP contribution in [0.4, 0.5) is 5.69 Å². The van der Waals surface area contributed by atoms with Gasteiger partial charge in [-0.2, -0.15) is 0 Å². The molecule has 1 rings (SSSR count). The molecular weight excluding hydrogens is 275 g/mol. The smallest absolute Gasteiger partial charge is 1.00 e. The number of aliphatic carboxylic acids is 2. The number of hydrogen-bond acceptors (Lipinski definition) is 4. The normalized spacial score (nSPS) is 11.0. The number of hydrogen-bond donors (Lipinski definition) is 4. The molecule has 0 saturated carbocycles. The molecular formula is C12H15N2NaO5. The zero-order valence-electron chi connectivity index (χ0n) is 12.0. The molecule has 7 nitrogen and oxygen atoms in total. The number of benzene rings is 1. The average Bonchev–Trinajstić information content (AvgIpc) is 2.34. The molecule has 8 heteroatoms. The molecule has 1 atom stereocenters. The van der Waals surface area contributed by atoms with Gasteiger partial charge in [-0.3, -0.25) is 9.59 Å². The van der Waals surface area contributed by atoms with Gasteiger partial charge in [0.2, 0.25) is 0 Å². The van der Waals surface area contributed by atoms with Gasteiger partial charge in [-0.1, -0.05) is 0 Å². The first kappa shape index (κ1) is 18.4. The molecule has 1 amide bonds. The monoisotopic (exact) mass is 290 g/mol. The third-order valence-corrected chi connectivity index (χ3v) is 2.42. The number of carbonyl (C=O) groups is 3. The van der Waals surface area contributed by atoms with Crippen LogP contribution in [0.1, 0.15) is 24.6 Å². The van der Waals surface area contributed by atoms with Gasteiger partial charge in [0, 0.05) is 17.7 Å². The van der Waals surface area contributed by atoms with Crippen molar-refractivity contribution in [2.45, 2.75) is 18.9 Å². The molecule has 0 heterocycles. The zero-order valence-corrected chi connectivity index (χ0v) is 13.0. The van der Waals surface area contributed by atoms with Gasteiger partial charge in [0.05, 0.1) is 0 Å². The number of anilines is 1. The Balaban J connectivity index is 0. The van der Waals surface area contributed by atoms with E-state index in [-0.39, 0.29) is 49.4 Å². The van der Waals surface area contributed by atoms with Crippen molar-refractivity contribution in [1.82, 2.24) is 5.32 Å². The van der Waals surface area contributed by atoms with E-state index in [2.05, 4.69) is 5.32 Å². The number of carboxylic acid groups (broad SMARTS) is 2. The summed E-state index contributed by atoms with van der Waals surface area (Å²) >= 11 is 0. The summed E-state index contributed by atoms with van der Waals surface area (Å²) in [5, 5.41) is 19.7. The zero-order chi connectivity index (χ0) is 14.4. The van der Waals surface area contributed by atoms with Gasteiger partial charge in [-0.05, 0) is 30.7 Å². The second kappa shape index (κ2) is 8.57. The van der Waals surface area contributed by atoms with E-state index in [9.17, 15) is 14.4 Å². The van der Waals surface area contributed by atoms with Crippen molar-refractivity contribution in [3.63, 3.8) is 0 Å². The molecule has 0 radical (unpaired) electrons. The van der Waals surface area contributed by atoms with Crippen molar-refractivity contribution in [3.8, 4) is 0 Å². The Bertz CT molecular complexity index is 495. The third kappa shape index (κ3) is 6.05. The van der Waals surface area contributed by atoms with Gasteiger partial charge in [0.1, 0.15) is 6.04 Å². The molecule has 104 valence electrons. The van der Waals surface area contributed by atoms with E-state index < -0.39 is 23.9 Å². The van der Waals surface area contributed by atoms with Crippen LogP contribution in [0.3, 0.4) is 0 Å². The van der Waals surface area contributed by atoms with E-state index in [4.69, 9.17) is 15.9 Å². The van der Waals surface area contributed by atoms with Crippen LogP contribution in [-0.4, -0.2) is 34.1 Å². The van der Waals surface area contributed by atoms with Gasteiger partial charge >= 0.3 is 41.5 Å². The van der Waals surface area contributed by atoms with Crippen LogP contribution in [0, 0.1) is 0 Å². The Morgan fingerprint density at radius 2 is 1.75 bits per heavy atom. The van der Waals surface area contributed by atoms with Crippen LogP contribution in [0.5, 0.6) is 0 Å². The summed E-state index contributed by atoms with van der Waals surface area (Å²) in [5.41, 5.74) is 6.21. The molecule has 0 spiro atoms. The van der Waals surface area contributed by atoms with Gasteiger partial charge in [0.15, 0.2) is 0 Å². The molecule has 0 aliphatic carbocycles. The summed E-state index contributed by atoms with van der Waals surface area (Å²) in [7, 11) is 0. The van der Waals surface area contributed by atoms with E-state index in [1.807, 2.05) is 0 Å². The molecule has 5 N–H and O–H groups in total. The summed E-state index contributed by atoms with van der Waals surface area (Å²) in [6.07, 6.45) is -0.510. The quantitative estimate of drug-likeness (QED) is 0.337. The predicted molar refractivity (Wildman–Crippen MR) is 67.7 cm³/mol. The molecule has 0 bridgehead atoms. The average molecular weight is 290 g/mol. The maximum absolute atomic E-state index is 11.8. The number of nitrogens with one attached hydrogen (secondary N) is 1. The Hall–Kier alpha value is -1.57. The largest absolute Gasteiger partial charge is 1.00 e. The van der Waals surface area contributed by atoms with Crippen LogP contribution in [0.15, 0.2) is 24.3 Å². The van der Waals surface area contributed by atoms with E-state index >= 15 is 0 Å². The van der Waals surface area contributed by atoms with Gasteiger partial charge < -0.3 is 22.7 Å². The fraction of sp³-hybridized carbons (Fsp3) is 0.250. The molecule has 0 saturated heterocycles. The van der Waals surface area contributed by atoms with Crippen molar-refractivity contribution in [2.24, 2.45) is 0 Å². The molecule has 0 aromatic heterocycles. The van der Waals surface area contributed by atoms with Crippen molar-refractivity contribution in [1.29, 1.82) is 0 Å². The maximum atomic E-state index is 11.8. The molecule has 0 aliphatic heterocycles. The summed E-state index contributed by atoms with van der Waals surface area (Å²) in [6, 6.07) is 4.71. The maximum Gasteiger partial charge on any atom is 1.00 e. The van der Waals surface area contributed by atoms with Gasteiger partial charge in [-0.15, -0.1) is 0 Å². The van der Waals surface area contributed by atoms with E-state index in [1.165, 1.54) is 24.3 Å². The number of amides is 1. The van der Waals surface area contributed by atoms with E-state index in [0.717, 1.165) is 0 Å². The number of nitrogens with two attached hydrogens (primary N) is 1. The van der Waals surface area contributed by atoms with Crippen molar-refractivity contribution >= 4 is 23.5 Å². The SMILES string of the molecule is Nc1ccc(C(=O)N[C@@H](CCC(=O)O)C(=O)O)cc1.[H-].[Na+]. The van der Waals surface area contributed by atoms with Crippen LogP contribution in [0.2, 0.25) is 0 Å². The predicted octanol–water partition coefficient (Wildman–Crippen LogP) is -2.57. The van der Waals surface area contributed by atoms with Crippen LogP contribution in [-0.2, 0) is 9.59 Å². The Morgan fingerprint density at radius 3 is 2.20 bits per heavy atom. The minimum absolute atomic E-state index is 0. The first-order chi connectivity index (χ1) is 8.90. The van der Waals surface area contributed by atoms with E-state index in [0.29, 0.717) is 5.69 Å². The Kier molecular flexibility index (Phi) is 7.90. The number of nitrogen functional groups attached to an aromatic ring is 1. The Labute approximate surface area is 138 Å². The number of rotatable bonds is 6. The number of carbonyl (C=O) groups excluding carboxylic acids is 1. The van der Waals surface area contributed by atoms with Crippen LogP contribution in [0.25, 0.3) is 0 Å². The van der Waals surface area contributed by atoms with Crippen LogP contribution >= 0.6 is 0 Å². The standard InChI is InChI=1S/C12H14N2O5.Na.H/c13-8-3-1-7(2-4-8)11(17)14-9(12(18)19)5-6-10(15)16;;/h1-4,9H,5-6,13H2,(H,14,17)(H,15,16)(H,18,19);;/q;+1;-1/t9-;;/m0../s1. The van der Waals surface area contributed by atoms with Gasteiger partial charge in [-0.25, -0.2) is 4.79 Å². The molecule has 0 fully saturated rings. The molecule has 1 aromatic carbocycles. The summed E-state index contributed by atoms with van der Waals surface area (Å²) < 4.78 is 0. The first-order valence-corrected chi connectivity index (χ1v) is 5.51. The number of carboxylic acids is 2. The molecule has 20 heavy (non-hydrogen) atoms. The van der Waals surface area contributed by atoms with Crippen molar-refractivity contribution < 1.29 is 55.6 Å². The Morgan fingerprint density at radius 1 is 1.20 bits per heavy atom. The summed E-state index contributed by atoms with van der Waals surface area (Å²) in [4.78, 5) is 33.1. The van der Waals surface area contributed by atoms with Gasteiger partial charge in [0.25, 0.3) is 5.91 Å². The minimum Gasteiger partial charge on any atom is -1.00 e. The fourth-order valence-electron chi connectivity index (χ4n) is 1.40. The third-order valence-electron chi connectivity index (χ3n) is 2.42. The van der Waals surface area contributed by atoms with Crippen molar-refractivity contribution in [2.75, 3.05) is 5.73 Å². The van der Waals surface area contributed by atoms with E-state index in [1.54, 1.807) is 0 Å². The summed E-state index contributed by atoms with van der Waals surface area (Å²) in [5.74, 6) is -2.98. The second-order valence-corrected chi connectivity index (χ2v) is 3.92. The fourth-order valence-corrected chi connectivity index (χ4v) is 1.40. The molecule has 0 unspecified atom stereocenters. The van der Waals surface area contributed by atoms with Crippen molar-refractivity contribution in [3.05, 3.63) is 29.8 Å². The molecule has 0 aliphatic rings. The van der Waals surface area contributed by atoms with Crippen LogP contribution < -0.4 is 40.6 Å². The minimum atomic E-state index is -1.27. The second-order valence-electron chi connectivity index (χ2n) is 3.92. The topological polar surface area (TPSA) is 130 Å². The summed E-state index contributed by atoms with van der Waals surface area (Å²) in [6.45, 7) is 0. The molecule has 1 aromatic rings.